The minimum Gasteiger partial charge on any atom is -0.339 e. The van der Waals surface area contributed by atoms with Crippen LogP contribution in [0.3, 0.4) is 0 Å². The van der Waals surface area contributed by atoms with Gasteiger partial charge in [-0.05, 0) is 12.0 Å². The topological polar surface area (TPSA) is 59.2 Å². The molecule has 2 heterocycles. The highest BCUT2D eigenvalue weighted by molar-refractivity contribution is 5.79. The number of halogens is 3. The monoisotopic (exact) mass is 339 g/mol. The number of hydrogen-bond donors (Lipinski definition) is 0. The first kappa shape index (κ1) is 16.5. The van der Waals surface area contributed by atoms with Gasteiger partial charge in [-0.3, -0.25) is 4.79 Å². The maximum Gasteiger partial charge on any atom is 0.406 e. The fourth-order valence-electron chi connectivity index (χ4n) is 2.71. The predicted molar refractivity (Wildman–Crippen MR) is 79.1 cm³/mol. The average molecular weight is 339 g/mol. The smallest absolute Gasteiger partial charge is 0.339 e. The van der Waals surface area contributed by atoms with Crippen molar-refractivity contribution in [2.24, 2.45) is 0 Å². The van der Waals surface area contributed by atoms with Gasteiger partial charge in [0.25, 0.3) is 0 Å². The van der Waals surface area contributed by atoms with Gasteiger partial charge in [0.15, 0.2) is 0 Å². The van der Waals surface area contributed by atoms with E-state index in [1.54, 1.807) is 0 Å². The zero-order valence-corrected chi connectivity index (χ0v) is 13.0. The van der Waals surface area contributed by atoms with Crippen LogP contribution < -0.4 is 0 Å². The molecule has 0 aliphatic carbocycles. The predicted octanol–water partition coefficient (Wildman–Crippen LogP) is 3.18. The van der Waals surface area contributed by atoms with E-state index in [2.05, 4.69) is 10.1 Å². The van der Waals surface area contributed by atoms with Gasteiger partial charge in [0, 0.05) is 18.5 Å². The Morgan fingerprint density at radius 1 is 1.29 bits per heavy atom. The molecule has 1 saturated heterocycles. The average Bonchev–Trinajstić information content (AvgIpc) is 3.14. The van der Waals surface area contributed by atoms with Crippen molar-refractivity contribution < 1.29 is 22.5 Å². The van der Waals surface area contributed by atoms with Crippen molar-refractivity contribution in [1.82, 2.24) is 15.0 Å². The standard InChI is InChI=1S/C16H16F3N3O2/c1-2-10-3-5-11(6-4-10)14-20-15(24-21-14)12-7-13(23)22(8-12)9-16(17,18)19/h3-6,12H,2,7-9H2,1H3/t12-/m0/s1. The number of amides is 1. The lowest BCUT2D eigenvalue weighted by Gasteiger charge is -2.17. The van der Waals surface area contributed by atoms with Gasteiger partial charge in [-0.1, -0.05) is 36.3 Å². The lowest BCUT2D eigenvalue weighted by atomic mass is 10.1. The number of nitrogens with zero attached hydrogens (tertiary/aromatic N) is 3. The number of carbonyl (C=O) groups is 1. The molecule has 128 valence electrons. The van der Waals surface area contributed by atoms with Gasteiger partial charge >= 0.3 is 6.18 Å². The summed E-state index contributed by atoms with van der Waals surface area (Å²) in [6, 6.07) is 7.64. The molecule has 1 fully saturated rings. The molecule has 2 aromatic rings. The maximum atomic E-state index is 12.5. The number of likely N-dealkylation sites (tertiary alicyclic amines) is 1. The number of aromatic nitrogens is 2. The van der Waals surface area contributed by atoms with Crippen LogP contribution in [0.5, 0.6) is 0 Å². The highest BCUT2D eigenvalue weighted by Gasteiger charge is 2.40. The van der Waals surface area contributed by atoms with E-state index in [9.17, 15) is 18.0 Å². The van der Waals surface area contributed by atoms with Gasteiger partial charge in [0.05, 0.1) is 5.92 Å². The summed E-state index contributed by atoms with van der Waals surface area (Å²) in [4.78, 5) is 16.7. The van der Waals surface area contributed by atoms with Gasteiger partial charge in [0.1, 0.15) is 6.54 Å². The fraction of sp³-hybridized carbons (Fsp3) is 0.438. The molecule has 5 nitrogen and oxygen atoms in total. The van der Waals surface area contributed by atoms with Crippen LogP contribution in [0, 0.1) is 0 Å². The fourth-order valence-corrected chi connectivity index (χ4v) is 2.71. The Morgan fingerprint density at radius 2 is 2.00 bits per heavy atom. The first-order valence-corrected chi connectivity index (χ1v) is 7.63. The minimum atomic E-state index is -4.41. The zero-order chi connectivity index (χ0) is 17.3. The molecule has 1 aliphatic rings. The van der Waals surface area contributed by atoms with Gasteiger partial charge < -0.3 is 9.42 Å². The molecule has 0 bridgehead atoms. The van der Waals surface area contributed by atoms with E-state index in [0.29, 0.717) is 5.82 Å². The number of rotatable bonds is 4. The van der Waals surface area contributed by atoms with Crippen LogP contribution in [-0.2, 0) is 11.2 Å². The Balaban J connectivity index is 1.72. The van der Waals surface area contributed by atoms with Gasteiger partial charge in [-0.15, -0.1) is 0 Å². The number of carbonyl (C=O) groups excluding carboxylic acids is 1. The second-order valence-electron chi connectivity index (χ2n) is 5.80. The summed E-state index contributed by atoms with van der Waals surface area (Å²) in [6.45, 7) is 0.738. The first-order chi connectivity index (χ1) is 11.4. The molecule has 0 unspecified atom stereocenters. The number of aryl methyl sites for hydroxylation is 1. The molecular weight excluding hydrogens is 323 g/mol. The van der Waals surface area contributed by atoms with E-state index < -0.39 is 24.5 Å². The quantitative estimate of drug-likeness (QED) is 0.858. The molecule has 0 spiro atoms. The third-order valence-electron chi connectivity index (χ3n) is 4.00. The second kappa shape index (κ2) is 6.26. The Bertz CT molecular complexity index is 725. The highest BCUT2D eigenvalue weighted by atomic mass is 19.4. The lowest BCUT2D eigenvalue weighted by molar-refractivity contribution is -0.157. The van der Waals surface area contributed by atoms with E-state index in [1.165, 1.54) is 5.56 Å². The van der Waals surface area contributed by atoms with Crippen molar-refractivity contribution >= 4 is 5.91 Å². The van der Waals surface area contributed by atoms with Crippen molar-refractivity contribution in [3.8, 4) is 11.4 Å². The molecule has 0 radical (unpaired) electrons. The normalized spacial score (nSPS) is 18.4. The van der Waals surface area contributed by atoms with Crippen LogP contribution in [0.4, 0.5) is 13.2 Å². The third kappa shape index (κ3) is 3.58. The summed E-state index contributed by atoms with van der Waals surface area (Å²) < 4.78 is 42.5. The number of benzene rings is 1. The number of hydrogen-bond acceptors (Lipinski definition) is 4. The van der Waals surface area contributed by atoms with Crippen molar-refractivity contribution in [2.45, 2.75) is 31.9 Å². The molecule has 24 heavy (non-hydrogen) atoms. The molecule has 8 heteroatoms. The van der Waals surface area contributed by atoms with Crippen LogP contribution in [0.2, 0.25) is 0 Å². The van der Waals surface area contributed by atoms with Gasteiger partial charge in [0.2, 0.25) is 17.6 Å². The van der Waals surface area contributed by atoms with Crippen LogP contribution in [-0.4, -0.2) is 40.2 Å². The Hall–Kier alpha value is -2.38. The maximum absolute atomic E-state index is 12.5. The highest BCUT2D eigenvalue weighted by Crippen LogP contribution is 2.30. The lowest BCUT2D eigenvalue weighted by Crippen LogP contribution is -2.35. The molecule has 1 atom stereocenters. The molecule has 1 aromatic heterocycles. The van der Waals surface area contributed by atoms with Gasteiger partial charge in [-0.25, -0.2) is 0 Å². The molecule has 0 saturated carbocycles. The van der Waals surface area contributed by atoms with E-state index in [-0.39, 0.29) is 18.9 Å². The Morgan fingerprint density at radius 3 is 2.62 bits per heavy atom. The van der Waals surface area contributed by atoms with E-state index in [0.717, 1.165) is 16.9 Å². The summed E-state index contributed by atoms with van der Waals surface area (Å²) in [7, 11) is 0. The van der Waals surface area contributed by atoms with Crippen molar-refractivity contribution in [3.63, 3.8) is 0 Å². The third-order valence-corrected chi connectivity index (χ3v) is 4.00. The largest absolute Gasteiger partial charge is 0.406 e. The second-order valence-corrected chi connectivity index (χ2v) is 5.80. The van der Waals surface area contributed by atoms with Crippen LogP contribution in [0.1, 0.15) is 30.7 Å². The molecule has 3 rings (SSSR count). The molecule has 1 amide bonds. The van der Waals surface area contributed by atoms with Crippen molar-refractivity contribution in [1.29, 1.82) is 0 Å². The summed E-state index contributed by atoms with van der Waals surface area (Å²) >= 11 is 0. The van der Waals surface area contributed by atoms with E-state index in [1.807, 2.05) is 31.2 Å². The number of alkyl halides is 3. The van der Waals surface area contributed by atoms with Crippen LogP contribution >= 0.6 is 0 Å². The Labute approximate surface area is 136 Å². The molecular formula is C16H16F3N3O2. The molecule has 1 aromatic carbocycles. The summed E-state index contributed by atoms with van der Waals surface area (Å²) in [5.41, 5.74) is 1.94. The molecule has 0 N–H and O–H groups in total. The summed E-state index contributed by atoms with van der Waals surface area (Å²) in [5.74, 6) is -0.489. The first-order valence-electron chi connectivity index (χ1n) is 7.63. The zero-order valence-electron chi connectivity index (χ0n) is 13.0. The summed E-state index contributed by atoms with van der Waals surface area (Å²) in [6.07, 6.45) is -3.55. The Kier molecular flexibility index (Phi) is 4.29. The minimum absolute atomic E-state index is 0.0491. The van der Waals surface area contributed by atoms with Crippen molar-refractivity contribution in [3.05, 3.63) is 35.7 Å². The molecule has 1 aliphatic heterocycles. The SMILES string of the molecule is CCc1ccc(-c2noc([C@H]3CC(=O)N(CC(F)(F)F)C3)n2)cc1. The van der Waals surface area contributed by atoms with E-state index >= 15 is 0 Å². The van der Waals surface area contributed by atoms with Crippen LogP contribution in [0.15, 0.2) is 28.8 Å². The summed E-state index contributed by atoms with van der Waals surface area (Å²) in [5, 5.41) is 3.87. The van der Waals surface area contributed by atoms with Crippen LogP contribution in [0.25, 0.3) is 11.4 Å². The van der Waals surface area contributed by atoms with E-state index in [4.69, 9.17) is 4.52 Å². The van der Waals surface area contributed by atoms with Crippen molar-refractivity contribution in [2.75, 3.05) is 13.1 Å². The van der Waals surface area contributed by atoms with Gasteiger partial charge in [-0.2, -0.15) is 18.2 Å².